The number of benzene rings is 3. The van der Waals surface area contributed by atoms with E-state index < -0.39 is 0 Å². The van der Waals surface area contributed by atoms with Crippen LogP contribution in [-0.2, 0) is 0 Å². The van der Waals surface area contributed by atoms with Crippen LogP contribution >= 0.6 is 95.6 Å². The molecule has 0 nitrogen and oxygen atoms in total. The standard InChI is InChI=1S/C20H8Br6/c21-12-2-1-7-17-8-3-13(22)15(24)5-10(8)18(19(7)20(12)26)11-6-16(25)14(23)4-9(11)17/h1-6,17-18H. The molecule has 26 heavy (non-hydrogen) atoms. The third-order valence-electron chi connectivity index (χ3n) is 5.26. The van der Waals surface area contributed by atoms with Gasteiger partial charge in [0, 0.05) is 38.7 Å². The molecule has 130 valence electrons. The Morgan fingerprint density at radius 2 is 0.885 bits per heavy atom. The van der Waals surface area contributed by atoms with E-state index in [9.17, 15) is 0 Å². The van der Waals surface area contributed by atoms with Gasteiger partial charge in [0.25, 0.3) is 0 Å². The largest absolute Gasteiger partial charge is 0.0566 e. The second-order valence-electron chi connectivity index (χ2n) is 6.52. The van der Waals surface area contributed by atoms with Crippen molar-refractivity contribution in [3.05, 3.63) is 96.6 Å². The van der Waals surface area contributed by atoms with Gasteiger partial charge in [-0.1, -0.05) is 6.07 Å². The summed E-state index contributed by atoms with van der Waals surface area (Å²) in [6.07, 6.45) is 0. The molecular weight excluding hydrogens is 720 g/mol. The second-order valence-corrected chi connectivity index (χ2v) is 11.6. The molecule has 2 bridgehead atoms. The van der Waals surface area contributed by atoms with Crippen LogP contribution in [0.15, 0.2) is 63.2 Å². The molecule has 0 aromatic heterocycles. The van der Waals surface area contributed by atoms with Crippen LogP contribution in [0.5, 0.6) is 0 Å². The molecule has 3 aromatic rings. The number of hydrogen-bond acceptors (Lipinski definition) is 0. The Morgan fingerprint density at radius 1 is 0.462 bits per heavy atom. The topological polar surface area (TPSA) is 0 Å². The lowest BCUT2D eigenvalue weighted by Gasteiger charge is -2.43. The van der Waals surface area contributed by atoms with Crippen LogP contribution in [-0.4, -0.2) is 0 Å². The quantitative estimate of drug-likeness (QED) is 0.149. The van der Waals surface area contributed by atoms with Crippen LogP contribution < -0.4 is 0 Å². The third kappa shape index (κ3) is 2.51. The Labute approximate surface area is 201 Å². The van der Waals surface area contributed by atoms with Crippen LogP contribution in [0.25, 0.3) is 0 Å². The molecule has 0 fully saturated rings. The summed E-state index contributed by atoms with van der Waals surface area (Å²) in [6.45, 7) is 0. The molecule has 0 heterocycles. The highest BCUT2D eigenvalue weighted by Crippen LogP contribution is 2.59. The molecule has 0 unspecified atom stereocenters. The summed E-state index contributed by atoms with van der Waals surface area (Å²) in [5, 5.41) is 0. The zero-order chi connectivity index (χ0) is 18.3. The molecule has 0 radical (unpaired) electrons. The van der Waals surface area contributed by atoms with Gasteiger partial charge in [-0.2, -0.15) is 0 Å². The summed E-state index contributed by atoms with van der Waals surface area (Å²) in [6, 6.07) is 13.5. The van der Waals surface area contributed by atoms with E-state index in [2.05, 4.69) is 132 Å². The Hall–Kier alpha value is 0.540. The molecule has 0 spiro atoms. The fourth-order valence-corrected chi connectivity index (χ4v) is 6.64. The van der Waals surface area contributed by atoms with Crippen molar-refractivity contribution in [1.82, 2.24) is 0 Å². The third-order valence-corrected chi connectivity index (χ3v) is 11.0. The Bertz CT molecular complexity index is 1060. The minimum atomic E-state index is 0.209. The van der Waals surface area contributed by atoms with Gasteiger partial charge in [-0.25, -0.2) is 0 Å². The van der Waals surface area contributed by atoms with Crippen molar-refractivity contribution >= 4 is 95.6 Å². The van der Waals surface area contributed by atoms with Crippen molar-refractivity contribution in [3.63, 3.8) is 0 Å². The normalized spacial score (nSPS) is 19.2. The summed E-state index contributed by atoms with van der Waals surface area (Å²) in [5.41, 5.74) is 8.26. The highest BCUT2D eigenvalue weighted by atomic mass is 79.9. The second kappa shape index (κ2) is 6.53. The lowest BCUT2D eigenvalue weighted by atomic mass is 9.61. The molecule has 3 aliphatic rings. The summed E-state index contributed by atoms with van der Waals surface area (Å²) in [7, 11) is 0. The first-order valence-corrected chi connectivity index (χ1v) is 12.6. The van der Waals surface area contributed by atoms with Crippen LogP contribution in [0.3, 0.4) is 0 Å². The van der Waals surface area contributed by atoms with E-state index in [1.807, 2.05) is 0 Å². The molecule has 0 atom stereocenters. The SMILES string of the molecule is Brc1cc2c(cc1Br)C1c3cc(Br)c(Br)cc3C2c2ccc(Br)c(Br)c21. The first-order chi connectivity index (χ1) is 12.4. The fourth-order valence-electron chi connectivity index (χ4n) is 4.26. The average Bonchev–Trinajstić information content (AvgIpc) is 2.60. The summed E-state index contributed by atoms with van der Waals surface area (Å²) >= 11 is 22.3. The van der Waals surface area contributed by atoms with Gasteiger partial charge in [0.05, 0.1) is 0 Å². The van der Waals surface area contributed by atoms with Crippen molar-refractivity contribution in [2.24, 2.45) is 0 Å². The van der Waals surface area contributed by atoms with Gasteiger partial charge in [0.2, 0.25) is 0 Å². The Morgan fingerprint density at radius 3 is 1.35 bits per heavy atom. The van der Waals surface area contributed by atoms with Gasteiger partial charge in [0.1, 0.15) is 0 Å². The molecule has 6 heteroatoms. The number of halogens is 6. The molecule has 0 saturated heterocycles. The lowest BCUT2D eigenvalue weighted by Crippen LogP contribution is -2.28. The molecular formula is C20H8Br6. The molecule has 0 amide bonds. The zero-order valence-corrected chi connectivity index (χ0v) is 22.4. The fraction of sp³-hybridized carbons (Fsp3) is 0.100. The van der Waals surface area contributed by atoms with Gasteiger partial charge < -0.3 is 0 Å². The molecule has 0 N–H and O–H groups in total. The van der Waals surface area contributed by atoms with E-state index in [0.717, 1.165) is 26.8 Å². The molecule has 3 aromatic carbocycles. The van der Waals surface area contributed by atoms with Gasteiger partial charge in [-0.05, 0) is 159 Å². The first-order valence-electron chi connectivity index (χ1n) is 7.84. The van der Waals surface area contributed by atoms with Gasteiger partial charge in [-0.3, -0.25) is 0 Å². The predicted molar refractivity (Wildman–Crippen MR) is 127 cm³/mol. The van der Waals surface area contributed by atoms with Crippen LogP contribution in [0.1, 0.15) is 45.2 Å². The Kier molecular flexibility index (Phi) is 4.66. The first kappa shape index (κ1) is 18.6. The van der Waals surface area contributed by atoms with Crippen molar-refractivity contribution < 1.29 is 0 Å². The van der Waals surface area contributed by atoms with Crippen molar-refractivity contribution in [3.8, 4) is 0 Å². The van der Waals surface area contributed by atoms with E-state index in [1.165, 1.54) is 33.4 Å². The van der Waals surface area contributed by atoms with E-state index >= 15 is 0 Å². The molecule has 0 aliphatic heterocycles. The van der Waals surface area contributed by atoms with Crippen LogP contribution in [0.4, 0.5) is 0 Å². The molecule has 6 rings (SSSR count). The highest BCUT2D eigenvalue weighted by molar-refractivity contribution is 9.13. The van der Waals surface area contributed by atoms with Crippen molar-refractivity contribution in [2.45, 2.75) is 11.8 Å². The summed E-state index contributed by atoms with van der Waals surface area (Å²) in [4.78, 5) is 0. The van der Waals surface area contributed by atoms with Gasteiger partial charge >= 0.3 is 0 Å². The van der Waals surface area contributed by atoms with Gasteiger partial charge in [-0.15, -0.1) is 0 Å². The monoisotopic (exact) mass is 722 g/mol. The maximum Gasteiger partial charge on any atom is 0.0362 e. The molecule has 0 saturated carbocycles. The maximum absolute atomic E-state index is 3.85. The minimum absolute atomic E-state index is 0.209. The smallest absolute Gasteiger partial charge is 0.0362 e. The maximum atomic E-state index is 3.85. The average molecular weight is 728 g/mol. The number of rotatable bonds is 0. The van der Waals surface area contributed by atoms with E-state index in [1.54, 1.807) is 0 Å². The van der Waals surface area contributed by atoms with Crippen LogP contribution in [0, 0.1) is 0 Å². The van der Waals surface area contributed by atoms with E-state index in [4.69, 9.17) is 0 Å². The summed E-state index contributed by atoms with van der Waals surface area (Å²) < 4.78 is 6.63. The Balaban J connectivity index is 1.93. The predicted octanol–water partition coefficient (Wildman–Crippen LogP) is 9.25. The van der Waals surface area contributed by atoms with E-state index in [-0.39, 0.29) is 11.8 Å². The minimum Gasteiger partial charge on any atom is -0.0566 e. The zero-order valence-electron chi connectivity index (χ0n) is 12.9. The highest BCUT2D eigenvalue weighted by Gasteiger charge is 2.43. The van der Waals surface area contributed by atoms with E-state index in [0.29, 0.717) is 0 Å². The van der Waals surface area contributed by atoms with Gasteiger partial charge in [0.15, 0.2) is 0 Å². The van der Waals surface area contributed by atoms with Crippen LogP contribution in [0.2, 0.25) is 0 Å². The summed E-state index contributed by atoms with van der Waals surface area (Å²) in [5.74, 6) is 0.443. The molecule has 3 aliphatic carbocycles. The van der Waals surface area contributed by atoms with Crippen molar-refractivity contribution in [1.29, 1.82) is 0 Å². The number of hydrogen-bond donors (Lipinski definition) is 0. The van der Waals surface area contributed by atoms with Crippen molar-refractivity contribution in [2.75, 3.05) is 0 Å². The lowest BCUT2D eigenvalue weighted by molar-refractivity contribution is 0.746.